The second kappa shape index (κ2) is 6.92. The summed E-state index contributed by atoms with van der Waals surface area (Å²) in [4.78, 5) is 28.3. The van der Waals surface area contributed by atoms with Gasteiger partial charge in [0, 0.05) is 5.92 Å². The van der Waals surface area contributed by atoms with Gasteiger partial charge in [-0.3, -0.25) is 9.59 Å². The fraction of sp³-hybridized carbons (Fsp3) is 0.250. The minimum absolute atomic E-state index is 0.00387. The SMILES string of the molecule is C=CC1=CC[C@H]2C(=O)N(c3ccccc3)C(=O)[C@@]2(C)[C@H]1c1ccc(OC)c(O)c1. The number of phenolic OH excluding ortho intramolecular Hbond substituents is 1. The first-order valence-corrected chi connectivity index (χ1v) is 9.56. The molecule has 1 fully saturated rings. The van der Waals surface area contributed by atoms with Gasteiger partial charge in [-0.05, 0) is 48.7 Å². The summed E-state index contributed by atoms with van der Waals surface area (Å²) in [6.07, 6.45) is 4.19. The van der Waals surface area contributed by atoms with Crippen LogP contribution in [0.5, 0.6) is 11.5 Å². The zero-order valence-corrected chi connectivity index (χ0v) is 16.5. The molecule has 4 rings (SSSR count). The standard InChI is InChI=1S/C24H23NO4/c1-4-15-10-12-18-22(27)25(17-8-6-5-7-9-17)23(28)24(18,2)21(15)16-11-13-20(29-3)19(26)14-16/h4-11,13-14,18,21,26H,1,12H2,2-3H3/t18-,21+,24+/m0/s1. The van der Waals surface area contributed by atoms with Gasteiger partial charge in [-0.25, -0.2) is 4.90 Å². The first-order valence-electron chi connectivity index (χ1n) is 9.56. The van der Waals surface area contributed by atoms with Gasteiger partial charge >= 0.3 is 0 Å². The number of hydrogen-bond donors (Lipinski definition) is 1. The maximum Gasteiger partial charge on any atom is 0.241 e. The van der Waals surface area contributed by atoms with Gasteiger partial charge in [0.25, 0.3) is 0 Å². The number of fused-ring (bicyclic) bond motifs is 1. The number of amides is 2. The molecule has 1 aliphatic carbocycles. The van der Waals surface area contributed by atoms with Crippen molar-refractivity contribution >= 4 is 17.5 Å². The second-order valence-corrected chi connectivity index (χ2v) is 7.66. The van der Waals surface area contributed by atoms with E-state index in [9.17, 15) is 14.7 Å². The lowest BCUT2D eigenvalue weighted by Crippen LogP contribution is -2.41. The van der Waals surface area contributed by atoms with Crippen molar-refractivity contribution in [1.29, 1.82) is 0 Å². The number of allylic oxidation sites excluding steroid dienone is 3. The number of nitrogens with zero attached hydrogens (tertiary/aromatic N) is 1. The number of carbonyl (C=O) groups is 2. The normalized spacial score (nSPS) is 26.1. The third-order valence-corrected chi connectivity index (χ3v) is 6.21. The second-order valence-electron chi connectivity index (χ2n) is 7.66. The van der Waals surface area contributed by atoms with Gasteiger partial charge in [0.15, 0.2) is 11.5 Å². The molecular weight excluding hydrogens is 366 g/mol. The lowest BCUT2D eigenvalue weighted by Gasteiger charge is -2.40. The summed E-state index contributed by atoms with van der Waals surface area (Å²) in [7, 11) is 1.48. The molecule has 0 aromatic heterocycles. The van der Waals surface area contributed by atoms with Crippen LogP contribution < -0.4 is 9.64 Å². The summed E-state index contributed by atoms with van der Waals surface area (Å²) in [5.41, 5.74) is 1.23. The van der Waals surface area contributed by atoms with Crippen LogP contribution in [-0.2, 0) is 9.59 Å². The van der Waals surface area contributed by atoms with Gasteiger partial charge in [0.05, 0.1) is 24.1 Å². The van der Waals surface area contributed by atoms with Crippen LogP contribution in [0, 0.1) is 11.3 Å². The van der Waals surface area contributed by atoms with E-state index in [4.69, 9.17) is 4.74 Å². The zero-order chi connectivity index (χ0) is 20.8. The highest BCUT2D eigenvalue weighted by Gasteiger charge is 2.62. The molecule has 148 valence electrons. The summed E-state index contributed by atoms with van der Waals surface area (Å²) in [6.45, 7) is 5.77. The van der Waals surface area contributed by atoms with Crippen LogP contribution in [0.25, 0.3) is 0 Å². The Hall–Kier alpha value is -3.34. The summed E-state index contributed by atoms with van der Waals surface area (Å²) < 4.78 is 5.15. The molecular formula is C24H23NO4. The van der Waals surface area contributed by atoms with Crippen LogP contribution in [0.2, 0.25) is 0 Å². The number of aromatic hydroxyl groups is 1. The Morgan fingerprint density at radius 3 is 2.55 bits per heavy atom. The number of imide groups is 1. The van der Waals surface area contributed by atoms with Crippen molar-refractivity contribution in [2.24, 2.45) is 11.3 Å². The third kappa shape index (κ3) is 2.69. The number of anilines is 1. The summed E-state index contributed by atoms with van der Waals surface area (Å²) in [5.74, 6) is -0.947. The van der Waals surface area contributed by atoms with Crippen LogP contribution in [0.1, 0.15) is 24.8 Å². The van der Waals surface area contributed by atoms with Gasteiger partial charge in [0.1, 0.15) is 0 Å². The average Bonchev–Trinajstić information content (AvgIpc) is 2.93. The molecule has 5 nitrogen and oxygen atoms in total. The zero-order valence-electron chi connectivity index (χ0n) is 16.5. The average molecular weight is 389 g/mol. The third-order valence-electron chi connectivity index (χ3n) is 6.21. The predicted octanol–water partition coefficient (Wildman–Crippen LogP) is 4.20. The largest absolute Gasteiger partial charge is 0.504 e. The van der Waals surface area contributed by atoms with Gasteiger partial charge in [0.2, 0.25) is 11.8 Å². The Kier molecular flexibility index (Phi) is 4.53. The minimum Gasteiger partial charge on any atom is -0.504 e. The molecule has 0 radical (unpaired) electrons. The van der Waals surface area contributed by atoms with E-state index in [-0.39, 0.29) is 17.6 Å². The number of phenols is 1. The molecule has 29 heavy (non-hydrogen) atoms. The molecule has 1 heterocycles. The maximum atomic E-state index is 13.7. The van der Waals surface area contributed by atoms with Crippen molar-refractivity contribution in [2.45, 2.75) is 19.3 Å². The van der Waals surface area contributed by atoms with E-state index in [2.05, 4.69) is 6.58 Å². The molecule has 1 saturated heterocycles. The van der Waals surface area contributed by atoms with Gasteiger partial charge in [-0.2, -0.15) is 0 Å². The van der Waals surface area contributed by atoms with Crippen molar-refractivity contribution in [2.75, 3.05) is 12.0 Å². The van der Waals surface area contributed by atoms with Crippen LogP contribution in [0.4, 0.5) is 5.69 Å². The van der Waals surface area contributed by atoms with Crippen molar-refractivity contribution in [3.63, 3.8) is 0 Å². The Morgan fingerprint density at radius 1 is 1.21 bits per heavy atom. The van der Waals surface area contributed by atoms with E-state index in [1.54, 1.807) is 30.3 Å². The quantitative estimate of drug-likeness (QED) is 0.796. The van der Waals surface area contributed by atoms with Crippen LogP contribution in [-0.4, -0.2) is 24.0 Å². The van der Waals surface area contributed by atoms with Gasteiger partial charge in [-0.15, -0.1) is 0 Å². The van der Waals surface area contributed by atoms with E-state index in [0.29, 0.717) is 17.9 Å². The number of methoxy groups -OCH3 is 1. The molecule has 2 aromatic rings. The lowest BCUT2D eigenvalue weighted by atomic mass is 9.60. The fourth-order valence-electron chi connectivity index (χ4n) is 4.74. The molecule has 1 aliphatic heterocycles. The maximum absolute atomic E-state index is 13.7. The van der Waals surface area contributed by atoms with E-state index >= 15 is 0 Å². The number of benzene rings is 2. The smallest absolute Gasteiger partial charge is 0.241 e. The van der Waals surface area contributed by atoms with Crippen LogP contribution in [0.3, 0.4) is 0 Å². The highest BCUT2D eigenvalue weighted by Crippen LogP contribution is 2.57. The summed E-state index contributed by atoms with van der Waals surface area (Å²) in [6, 6.07) is 14.1. The molecule has 2 amide bonds. The fourth-order valence-corrected chi connectivity index (χ4v) is 4.74. The molecule has 0 bridgehead atoms. The van der Waals surface area contributed by atoms with E-state index < -0.39 is 17.3 Å². The molecule has 2 aromatic carbocycles. The van der Waals surface area contributed by atoms with Gasteiger partial charge < -0.3 is 9.84 Å². The number of hydrogen-bond acceptors (Lipinski definition) is 4. The number of para-hydroxylation sites is 1. The van der Waals surface area contributed by atoms with E-state index in [1.165, 1.54) is 12.0 Å². The number of rotatable bonds is 4. The number of carbonyl (C=O) groups excluding carboxylic acids is 2. The van der Waals surface area contributed by atoms with Crippen LogP contribution in [0.15, 0.2) is 72.8 Å². The van der Waals surface area contributed by atoms with Gasteiger partial charge in [-0.1, -0.05) is 43.0 Å². The molecule has 0 spiro atoms. The molecule has 1 N–H and O–H groups in total. The topological polar surface area (TPSA) is 66.8 Å². The molecule has 0 unspecified atom stereocenters. The van der Waals surface area contributed by atoms with Crippen molar-refractivity contribution < 1.29 is 19.4 Å². The Balaban J connectivity index is 1.86. The lowest BCUT2D eigenvalue weighted by molar-refractivity contribution is -0.127. The number of ether oxygens (including phenoxy) is 1. The highest BCUT2D eigenvalue weighted by atomic mass is 16.5. The first-order chi connectivity index (χ1) is 13.9. The van der Waals surface area contributed by atoms with Crippen LogP contribution >= 0.6 is 0 Å². The highest BCUT2D eigenvalue weighted by molar-refractivity contribution is 6.24. The molecule has 0 saturated carbocycles. The molecule has 5 heteroatoms. The Bertz CT molecular complexity index is 1030. The minimum atomic E-state index is -0.980. The van der Waals surface area contributed by atoms with Crippen molar-refractivity contribution in [1.82, 2.24) is 0 Å². The predicted molar refractivity (Wildman–Crippen MR) is 111 cm³/mol. The summed E-state index contributed by atoms with van der Waals surface area (Å²) in [5, 5.41) is 10.3. The van der Waals surface area contributed by atoms with E-state index in [0.717, 1.165) is 11.1 Å². The first kappa shape index (κ1) is 19.0. The summed E-state index contributed by atoms with van der Waals surface area (Å²) >= 11 is 0. The monoisotopic (exact) mass is 389 g/mol. The van der Waals surface area contributed by atoms with E-state index in [1.807, 2.05) is 37.3 Å². The Labute approximate surface area is 169 Å². The van der Waals surface area contributed by atoms with Crippen molar-refractivity contribution in [3.05, 3.63) is 78.4 Å². The van der Waals surface area contributed by atoms with Crippen molar-refractivity contribution in [3.8, 4) is 11.5 Å². The Morgan fingerprint density at radius 2 is 1.93 bits per heavy atom. The molecule has 3 atom stereocenters. The molecule has 2 aliphatic rings.